The van der Waals surface area contributed by atoms with E-state index in [1.807, 2.05) is 27.7 Å². The molecule has 0 atom stereocenters. The molecular formula is C13H16BF3O4. The molecule has 0 radical (unpaired) electrons. The topological polar surface area (TPSA) is 47.9 Å². The highest BCUT2D eigenvalue weighted by Crippen LogP contribution is 2.37. The molecule has 4 nitrogen and oxygen atoms in total. The van der Waals surface area contributed by atoms with E-state index in [-0.39, 0.29) is 11.2 Å². The summed E-state index contributed by atoms with van der Waals surface area (Å²) in [6.07, 6.45) is -4.83. The molecule has 2 rings (SSSR count). The van der Waals surface area contributed by atoms with Crippen LogP contribution < -0.4 is 10.2 Å². The van der Waals surface area contributed by atoms with E-state index in [2.05, 4.69) is 4.74 Å². The summed E-state index contributed by atoms with van der Waals surface area (Å²) in [5, 5.41) is 9.55. The van der Waals surface area contributed by atoms with Crippen LogP contribution in [0.4, 0.5) is 13.2 Å². The fourth-order valence-electron chi connectivity index (χ4n) is 1.91. The molecule has 0 aliphatic carbocycles. The second-order valence-electron chi connectivity index (χ2n) is 5.90. The van der Waals surface area contributed by atoms with Crippen LogP contribution >= 0.6 is 0 Å². The van der Waals surface area contributed by atoms with Crippen molar-refractivity contribution in [1.82, 2.24) is 0 Å². The fourth-order valence-corrected chi connectivity index (χ4v) is 1.91. The van der Waals surface area contributed by atoms with Crippen LogP contribution in [0.3, 0.4) is 0 Å². The molecule has 0 saturated carbocycles. The molecule has 8 heteroatoms. The molecule has 1 aromatic carbocycles. The zero-order valence-electron chi connectivity index (χ0n) is 12.1. The van der Waals surface area contributed by atoms with Gasteiger partial charge in [0.15, 0.2) is 0 Å². The SMILES string of the molecule is CC1(C)OB(c2cc(O)cc(OC(F)(F)F)c2)OC1(C)C. The van der Waals surface area contributed by atoms with Crippen molar-refractivity contribution in [2.24, 2.45) is 0 Å². The van der Waals surface area contributed by atoms with Gasteiger partial charge in [-0.2, -0.15) is 0 Å². The van der Waals surface area contributed by atoms with Crippen LogP contribution in [0, 0.1) is 0 Å². The monoisotopic (exact) mass is 304 g/mol. The van der Waals surface area contributed by atoms with E-state index >= 15 is 0 Å². The summed E-state index contributed by atoms with van der Waals surface area (Å²) in [6, 6.07) is 3.29. The lowest BCUT2D eigenvalue weighted by Crippen LogP contribution is -2.41. The molecule has 0 unspecified atom stereocenters. The number of hydrogen-bond acceptors (Lipinski definition) is 4. The molecule has 1 aliphatic heterocycles. The lowest BCUT2D eigenvalue weighted by Gasteiger charge is -2.32. The molecule has 1 saturated heterocycles. The first-order chi connectivity index (χ1) is 9.40. The van der Waals surface area contributed by atoms with Crippen molar-refractivity contribution in [2.75, 3.05) is 0 Å². The first-order valence-corrected chi connectivity index (χ1v) is 6.35. The predicted octanol–water partition coefficient (Wildman–Crippen LogP) is 2.59. The van der Waals surface area contributed by atoms with Crippen molar-refractivity contribution >= 4 is 12.6 Å². The van der Waals surface area contributed by atoms with Gasteiger partial charge in [0, 0.05) is 6.07 Å². The van der Waals surface area contributed by atoms with Crippen LogP contribution in [0.25, 0.3) is 0 Å². The van der Waals surface area contributed by atoms with Gasteiger partial charge in [-0.05, 0) is 45.3 Å². The van der Waals surface area contributed by atoms with E-state index in [0.29, 0.717) is 0 Å². The molecule has 0 spiro atoms. The Morgan fingerprint density at radius 3 is 2.05 bits per heavy atom. The van der Waals surface area contributed by atoms with E-state index in [4.69, 9.17) is 9.31 Å². The number of aromatic hydroxyl groups is 1. The fraction of sp³-hybridized carbons (Fsp3) is 0.538. The molecule has 0 bridgehead atoms. The van der Waals surface area contributed by atoms with Gasteiger partial charge >= 0.3 is 13.5 Å². The lowest BCUT2D eigenvalue weighted by molar-refractivity contribution is -0.274. The number of hydrogen-bond donors (Lipinski definition) is 1. The second kappa shape index (κ2) is 4.81. The highest BCUT2D eigenvalue weighted by molar-refractivity contribution is 6.62. The molecular weight excluding hydrogens is 288 g/mol. The maximum atomic E-state index is 12.3. The number of rotatable bonds is 2. The highest BCUT2D eigenvalue weighted by Gasteiger charge is 2.52. The van der Waals surface area contributed by atoms with Crippen LogP contribution in [0.2, 0.25) is 0 Å². The van der Waals surface area contributed by atoms with Crippen molar-refractivity contribution in [1.29, 1.82) is 0 Å². The van der Waals surface area contributed by atoms with Crippen molar-refractivity contribution in [3.05, 3.63) is 18.2 Å². The molecule has 1 heterocycles. The van der Waals surface area contributed by atoms with E-state index in [1.54, 1.807) is 0 Å². The van der Waals surface area contributed by atoms with E-state index in [1.165, 1.54) is 6.07 Å². The molecule has 0 aromatic heterocycles. The largest absolute Gasteiger partial charge is 0.573 e. The smallest absolute Gasteiger partial charge is 0.508 e. The maximum absolute atomic E-state index is 12.3. The van der Waals surface area contributed by atoms with Crippen LogP contribution in [0.1, 0.15) is 27.7 Å². The number of ether oxygens (including phenoxy) is 1. The summed E-state index contributed by atoms with van der Waals surface area (Å²) in [6.45, 7) is 7.29. The third-order valence-corrected chi connectivity index (χ3v) is 3.67. The minimum Gasteiger partial charge on any atom is -0.508 e. The van der Waals surface area contributed by atoms with Crippen molar-refractivity contribution in [3.8, 4) is 11.5 Å². The highest BCUT2D eigenvalue weighted by atomic mass is 19.4. The van der Waals surface area contributed by atoms with Crippen molar-refractivity contribution in [2.45, 2.75) is 45.3 Å². The molecule has 1 aromatic rings. The van der Waals surface area contributed by atoms with E-state index in [0.717, 1.165) is 12.1 Å². The summed E-state index contributed by atoms with van der Waals surface area (Å²) in [5.74, 6) is -0.881. The summed E-state index contributed by atoms with van der Waals surface area (Å²) >= 11 is 0. The minimum absolute atomic E-state index is 0.257. The molecule has 1 N–H and O–H groups in total. The molecule has 21 heavy (non-hydrogen) atoms. The summed E-state index contributed by atoms with van der Waals surface area (Å²) in [4.78, 5) is 0. The van der Waals surface area contributed by atoms with Crippen LogP contribution in [-0.4, -0.2) is 29.8 Å². The van der Waals surface area contributed by atoms with Gasteiger partial charge in [-0.15, -0.1) is 13.2 Å². The number of alkyl halides is 3. The van der Waals surface area contributed by atoms with Gasteiger partial charge < -0.3 is 19.2 Å². The van der Waals surface area contributed by atoms with Gasteiger partial charge in [-0.3, -0.25) is 0 Å². The van der Waals surface area contributed by atoms with Gasteiger partial charge in [0.25, 0.3) is 0 Å². The number of phenols is 1. The van der Waals surface area contributed by atoms with Crippen LogP contribution in [0.15, 0.2) is 18.2 Å². The Bertz CT molecular complexity index is 527. The van der Waals surface area contributed by atoms with Gasteiger partial charge in [0.1, 0.15) is 11.5 Å². The van der Waals surface area contributed by atoms with Crippen LogP contribution in [0.5, 0.6) is 11.5 Å². The van der Waals surface area contributed by atoms with Crippen molar-refractivity contribution in [3.63, 3.8) is 0 Å². The Kier molecular flexibility index (Phi) is 3.66. The quantitative estimate of drug-likeness (QED) is 0.853. The normalized spacial score (nSPS) is 20.6. The Labute approximate surface area is 121 Å². The Hall–Kier alpha value is -1.41. The first-order valence-electron chi connectivity index (χ1n) is 6.35. The lowest BCUT2D eigenvalue weighted by atomic mass is 9.79. The van der Waals surface area contributed by atoms with Gasteiger partial charge in [-0.25, -0.2) is 0 Å². The molecule has 0 amide bonds. The van der Waals surface area contributed by atoms with Gasteiger partial charge in [-0.1, -0.05) is 0 Å². The third-order valence-electron chi connectivity index (χ3n) is 3.67. The summed E-state index contributed by atoms with van der Waals surface area (Å²) in [7, 11) is -0.877. The number of phenolic OH excluding ortho intramolecular Hbond substituents is 1. The molecule has 116 valence electrons. The molecule has 1 fully saturated rings. The van der Waals surface area contributed by atoms with E-state index in [9.17, 15) is 18.3 Å². The Morgan fingerprint density at radius 1 is 1.05 bits per heavy atom. The zero-order chi connectivity index (χ0) is 16.1. The predicted molar refractivity (Wildman–Crippen MR) is 70.5 cm³/mol. The Morgan fingerprint density at radius 2 is 1.57 bits per heavy atom. The Balaban J connectivity index is 2.30. The number of benzene rings is 1. The standard InChI is InChI=1S/C13H16BF3O4/c1-11(2)12(3,4)21-14(20-11)8-5-9(18)7-10(6-8)19-13(15,16)17/h5-7,18H,1-4H3. The zero-order valence-corrected chi connectivity index (χ0v) is 12.1. The third kappa shape index (κ3) is 3.44. The van der Waals surface area contributed by atoms with Gasteiger partial charge in [0.2, 0.25) is 0 Å². The molecule has 1 aliphatic rings. The average molecular weight is 304 g/mol. The first kappa shape index (κ1) is 16.0. The number of halogens is 3. The van der Waals surface area contributed by atoms with Gasteiger partial charge in [0.05, 0.1) is 11.2 Å². The van der Waals surface area contributed by atoms with Crippen molar-refractivity contribution < 1.29 is 32.3 Å². The summed E-state index contributed by atoms with van der Waals surface area (Å²) in [5.41, 5.74) is -1.00. The van der Waals surface area contributed by atoms with E-state index < -0.39 is 30.4 Å². The minimum atomic E-state index is -4.83. The second-order valence-corrected chi connectivity index (χ2v) is 5.90. The van der Waals surface area contributed by atoms with Crippen LogP contribution in [-0.2, 0) is 9.31 Å². The average Bonchev–Trinajstić information content (AvgIpc) is 2.44. The maximum Gasteiger partial charge on any atom is 0.573 e. The summed E-state index contributed by atoms with van der Waals surface area (Å²) < 4.78 is 52.0.